The first-order valence-corrected chi connectivity index (χ1v) is 9.70. The van der Waals surface area contributed by atoms with Crippen LogP contribution in [0.5, 0.6) is 0 Å². The molecule has 6 rings (SSSR count). The van der Waals surface area contributed by atoms with E-state index in [4.69, 9.17) is 4.74 Å². The number of amides is 1. The summed E-state index contributed by atoms with van der Waals surface area (Å²) >= 11 is 3.28. The summed E-state index contributed by atoms with van der Waals surface area (Å²) in [5.74, 6) is 0.515. The monoisotopic (exact) mass is 347 g/mol. The number of nitrogens with zero attached hydrogens (tertiary/aromatic N) is 3. The number of hydrogen-bond donors (Lipinski definition) is 0. The largest absolute Gasteiger partial charge is 0.439 e. The van der Waals surface area contributed by atoms with Gasteiger partial charge in [0, 0.05) is 28.9 Å². The molecule has 4 fully saturated rings. The lowest BCUT2D eigenvalue weighted by molar-refractivity contribution is -0.0881. The van der Waals surface area contributed by atoms with Gasteiger partial charge in [0.15, 0.2) is 0 Å². The van der Waals surface area contributed by atoms with Crippen molar-refractivity contribution in [1.82, 2.24) is 9.88 Å². The molecule has 6 heterocycles. The van der Waals surface area contributed by atoms with Crippen LogP contribution >= 0.6 is 22.7 Å². The van der Waals surface area contributed by atoms with Crippen molar-refractivity contribution in [3.63, 3.8) is 0 Å². The molecule has 4 aliphatic rings. The van der Waals surface area contributed by atoms with Crippen LogP contribution in [-0.4, -0.2) is 47.8 Å². The van der Waals surface area contributed by atoms with Crippen LogP contribution < -0.4 is 4.90 Å². The summed E-state index contributed by atoms with van der Waals surface area (Å²) in [6.07, 6.45) is 3.98. The Kier molecular flexibility index (Phi) is 3.05. The van der Waals surface area contributed by atoms with Gasteiger partial charge in [0.2, 0.25) is 0 Å². The number of piperidine rings is 3. The molecule has 0 radical (unpaired) electrons. The van der Waals surface area contributed by atoms with Gasteiger partial charge in [-0.2, -0.15) is 0 Å². The van der Waals surface area contributed by atoms with Gasteiger partial charge in [0.1, 0.15) is 5.60 Å². The molecule has 0 N–H and O–H groups in total. The fourth-order valence-electron chi connectivity index (χ4n) is 4.14. The van der Waals surface area contributed by atoms with Crippen molar-refractivity contribution in [3.05, 3.63) is 23.2 Å². The van der Waals surface area contributed by atoms with E-state index in [9.17, 15) is 4.79 Å². The maximum absolute atomic E-state index is 12.5. The Labute approximate surface area is 142 Å². The van der Waals surface area contributed by atoms with Crippen LogP contribution in [0.2, 0.25) is 0 Å². The van der Waals surface area contributed by atoms with Gasteiger partial charge in [0.25, 0.3) is 0 Å². The molecule has 4 aliphatic heterocycles. The number of ether oxygens (including phenoxy) is 1. The van der Waals surface area contributed by atoms with Gasteiger partial charge in [-0.1, -0.05) is 0 Å². The summed E-state index contributed by atoms with van der Waals surface area (Å²) in [4.78, 5) is 23.2. The smallest absolute Gasteiger partial charge is 0.415 e. The Hall–Kier alpha value is -1.44. The molecule has 2 aromatic rings. The fraction of sp³-hybridized carbons (Fsp3) is 0.500. The Morgan fingerprint density at radius 2 is 2.09 bits per heavy atom. The van der Waals surface area contributed by atoms with E-state index < -0.39 is 0 Å². The van der Waals surface area contributed by atoms with Crippen LogP contribution in [0.4, 0.5) is 10.5 Å². The fourth-order valence-corrected chi connectivity index (χ4v) is 5.77. The van der Waals surface area contributed by atoms with Crippen molar-refractivity contribution < 1.29 is 9.53 Å². The molecule has 1 amide bonds. The number of thiophene rings is 1. The maximum Gasteiger partial charge on any atom is 0.415 e. The number of hydrogen-bond acceptors (Lipinski definition) is 6. The van der Waals surface area contributed by atoms with Crippen LogP contribution in [0, 0.1) is 5.92 Å². The molecule has 0 saturated carbocycles. The third-order valence-corrected chi connectivity index (χ3v) is 7.22. The van der Waals surface area contributed by atoms with Crippen molar-refractivity contribution in [3.8, 4) is 9.75 Å². The molecule has 1 unspecified atom stereocenters. The molecular weight excluding hydrogens is 330 g/mol. The lowest BCUT2D eigenvalue weighted by atomic mass is 9.75. The molecule has 0 aromatic carbocycles. The molecule has 23 heavy (non-hydrogen) atoms. The van der Waals surface area contributed by atoms with E-state index in [2.05, 4.69) is 21.3 Å². The highest BCUT2D eigenvalue weighted by molar-refractivity contribution is 7.20. The van der Waals surface area contributed by atoms with Crippen LogP contribution in [0.25, 0.3) is 9.75 Å². The summed E-state index contributed by atoms with van der Waals surface area (Å²) in [6.45, 7) is 3.88. The standard InChI is InChI=1S/C16H17N3O2S2/c20-15-19(12-5-13(22-7-12)14-6-17-10-23-14)9-16(21-15)8-18-3-1-11(16)2-4-18/h5-7,10-11H,1-4,8-9H2. The minimum Gasteiger partial charge on any atom is -0.439 e. The van der Waals surface area contributed by atoms with Gasteiger partial charge in [-0.3, -0.25) is 14.8 Å². The van der Waals surface area contributed by atoms with E-state index in [0.717, 1.165) is 47.9 Å². The summed E-state index contributed by atoms with van der Waals surface area (Å²) in [6, 6.07) is 2.08. The molecular formula is C16H17N3O2S2. The topological polar surface area (TPSA) is 45.7 Å². The lowest BCUT2D eigenvalue weighted by Crippen LogP contribution is -2.61. The lowest BCUT2D eigenvalue weighted by Gasteiger charge is -2.49. The highest BCUT2D eigenvalue weighted by Gasteiger charge is 2.55. The van der Waals surface area contributed by atoms with Gasteiger partial charge in [-0.15, -0.1) is 22.7 Å². The average Bonchev–Trinajstić information content (AvgIpc) is 3.28. The first kappa shape index (κ1) is 13.9. The molecule has 120 valence electrons. The number of carbonyl (C=O) groups is 1. The Morgan fingerprint density at radius 1 is 1.22 bits per heavy atom. The Bertz CT molecular complexity index is 736. The summed E-state index contributed by atoms with van der Waals surface area (Å²) < 4.78 is 5.93. The number of carbonyl (C=O) groups excluding carboxylic acids is 1. The van der Waals surface area contributed by atoms with Gasteiger partial charge in [-0.25, -0.2) is 4.79 Å². The first-order valence-electron chi connectivity index (χ1n) is 7.94. The van der Waals surface area contributed by atoms with E-state index in [1.807, 2.05) is 16.6 Å². The molecule has 1 spiro atoms. The molecule has 1 atom stereocenters. The second kappa shape index (κ2) is 5.03. The number of aromatic nitrogens is 1. The predicted octanol–water partition coefficient (Wildman–Crippen LogP) is 3.29. The average molecular weight is 347 g/mol. The van der Waals surface area contributed by atoms with Crippen molar-refractivity contribution >= 4 is 34.5 Å². The zero-order chi connectivity index (χ0) is 15.4. The summed E-state index contributed by atoms with van der Waals surface area (Å²) in [5.41, 5.74) is 2.50. The SMILES string of the molecule is O=C1OC2(CN3CCC2CC3)CN1c1csc(-c2cncs2)c1. The Balaban J connectivity index is 1.43. The highest BCUT2D eigenvalue weighted by atomic mass is 32.1. The van der Waals surface area contributed by atoms with Crippen LogP contribution in [0.3, 0.4) is 0 Å². The summed E-state index contributed by atoms with van der Waals surface area (Å²) in [5, 5.41) is 2.05. The van der Waals surface area contributed by atoms with Crippen LogP contribution in [0.15, 0.2) is 23.2 Å². The number of fused-ring (bicyclic) bond motifs is 2. The van der Waals surface area contributed by atoms with Crippen molar-refractivity contribution in [1.29, 1.82) is 0 Å². The van der Waals surface area contributed by atoms with E-state index >= 15 is 0 Å². The molecule has 4 saturated heterocycles. The van der Waals surface area contributed by atoms with Crippen molar-refractivity contribution in [2.45, 2.75) is 18.4 Å². The molecule has 2 aromatic heterocycles. The van der Waals surface area contributed by atoms with Crippen molar-refractivity contribution in [2.75, 3.05) is 31.1 Å². The maximum atomic E-state index is 12.5. The highest BCUT2D eigenvalue weighted by Crippen LogP contribution is 2.44. The molecule has 2 bridgehead atoms. The van der Waals surface area contributed by atoms with Gasteiger partial charge >= 0.3 is 6.09 Å². The molecule has 0 aliphatic carbocycles. The van der Waals surface area contributed by atoms with Gasteiger partial charge in [-0.05, 0) is 32.0 Å². The number of anilines is 1. The van der Waals surface area contributed by atoms with Crippen LogP contribution in [-0.2, 0) is 4.74 Å². The third kappa shape index (κ3) is 2.14. The van der Waals surface area contributed by atoms with Crippen LogP contribution in [0.1, 0.15) is 12.8 Å². The van der Waals surface area contributed by atoms with Crippen molar-refractivity contribution in [2.24, 2.45) is 5.92 Å². The predicted molar refractivity (Wildman–Crippen MR) is 91.1 cm³/mol. The Morgan fingerprint density at radius 3 is 2.78 bits per heavy atom. The number of thiazole rings is 1. The quantitative estimate of drug-likeness (QED) is 0.836. The molecule has 7 heteroatoms. The van der Waals surface area contributed by atoms with E-state index in [0.29, 0.717) is 12.5 Å². The van der Waals surface area contributed by atoms with Gasteiger partial charge < -0.3 is 4.74 Å². The minimum absolute atomic E-state index is 0.188. The summed E-state index contributed by atoms with van der Waals surface area (Å²) in [7, 11) is 0. The third-order valence-electron chi connectivity index (χ3n) is 5.33. The second-order valence-corrected chi connectivity index (χ2v) is 8.40. The first-order chi connectivity index (χ1) is 11.2. The van der Waals surface area contributed by atoms with E-state index in [-0.39, 0.29) is 11.7 Å². The zero-order valence-electron chi connectivity index (χ0n) is 12.6. The van der Waals surface area contributed by atoms with E-state index in [1.54, 1.807) is 22.7 Å². The number of rotatable bonds is 2. The van der Waals surface area contributed by atoms with E-state index in [1.165, 1.54) is 0 Å². The second-order valence-electron chi connectivity index (χ2n) is 6.60. The minimum atomic E-state index is -0.291. The normalized spacial score (nSPS) is 32.7. The zero-order valence-corrected chi connectivity index (χ0v) is 14.2. The molecule has 5 nitrogen and oxygen atoms in total. The van der Waals surface area contributed by atoms with Gasteiger partial charge in [0.05, 0.1) is 22.6 Å².